The van der Waals surface area contributed by atoms with E-state index in [0.29, 0.717) is 38.0 Å². The van der Waals surface area contributed by atoms with Crippen molar-refractivity contribution in [1.82, 2.24) is 10.3 Å². The van der Waals surface area contributed by atoms with Crippen molar-refractivity contribution < 1.29 is 31.5 Å². The predicted octanol–water partition coefficient (Wildman–Crippen LogP) is 6.75. The topological polar surface area (TPSA) is 180 Å². The summed E-state index contributed by atoms with van der Waals surface area (Å²) in [6, 6.07) is 36.4. The molecule has 1 heterocycles. The molecule has 316 valence electrons. The molecule has 0 spiro atoms. The highest BCUT2D eigenvalue weighted by molar-refractivity contribution is 7.92. The fraction of sp³-hybridized carbons (Fsp3) is 0.178. The van der Waals surface area contributed by atoms with Gasteiger partial charge in [0.05, 0.1) is 37.0 Å². The molecule has 5 aromatic carbocycles. The summed E-state index contributed by atoms with van der Waals surface area (Å²) in [6.45, 7) is -0.0769. The Hall–Kier alpha value is -5.77. The highest BCUT2D eigenvalue weighted by Crippen LogP contribution is 2.37. The molecule has 0 aliphatic carbocycles. The Balaban J connectivity index is 1.32. The van der Waals surface area contributed by atoms with Gasteiger partial charge >= 0.3 is 0 Å². The van der Waals surface area contributed by atoms with Crippen molar-refractivity contribution in [3.8, 4) is 0 Å². The minimum absolute atomic E-state index is 0.00757. The lowest BCUT2D eigenvalue weighted by atomic mass is 9.79. The van der Waals surface area contributed by atoms with Gasteiger partial charge in [-0.2, -0.15) is 0 Å². The van der Waals surface area contributed by atoms with E-state index in [1.165, 1.54) is 28.6 Å². The second-order valence-corrected chi connectivity index (χ2v) is 19.1. The van der Waals surface area contributed by atoms with Crippen LogP contribution in [0.4, 0.5) is 11.4 Å². The molecule has 0 aliphatic rings. The van der Waals surface area contributed by atoms with Gasteiger partial charge in [0.1, 0.15) is 11.6 Å². The van der Waals surface area contributed by atoms with Crippen LogP contribution in [0.2, 0.25) is 10.0 Å². The zero-order valence-corrected chi connectivity index (χ0v) is 36.2. The number of aliphatic hydroxyl groups is 1. The second kappa shape index (κ2) is 18.9. The number of carbonyl (C=O) groups excluding carboxylic acids is 2. The molecule has 0 fully saturated rings. The molecule has 3 unspecified atom stereocenters. The third-order valence-corrected chi connectivity index (χ3v) is 13.2. The normalized spacial score (nSPS) is 13.7. The third kappa shape index (κ3) is 10.6. The van der Waals surface area contributed by atoms with Crippen molar-refractivity contribution in [2.75, 3.05) is 21.1 Å². The van der Waals surface area contributed by atoms with Crippen LogP contribution >= 0.6 is 23.2 Å². The Bertz CT molecular complexity index is 2710. The number of carbonyl (C=O) groups is 2. The molecule has 6 rings (SSSR count). The van der Waals surface area contributed by atoms with Crippen molar-refractivity contribution in [2.24, 2.45) is 5.73 Å². The highest BCUT2D eigenvalue weighted by atomic mass is 35.5. The fourth-order valence-corrected chi connectivity index (χ4v) is 9.25. The molecule has 0 bridgehead atoms. The number of hydrogen-bond acceptors (Lipinski definition) is 8. The molecule has 0 radical (unpaired) electrons. The summed E-state index contributed by atoms with van der Waals surface area (Å²) in [5.41, 5.74) is 7.23. The van der Waals surface area contributed by atoms with Gasteiger partial charge in [-0.3, -0.25) is 23.2 Å². The van der Waals surface area contributed by atoms with E-state index in [1.54, 1.807) is 128 Å². The van der Waals surface area contributed by atoms with E-state index in [1.807, 2.05) is 0 Å². The van der Waals surface area contributed by atoms with Crippen molar-refractivity contribution >= 4 is 66.4 Å². The van der Waals surface area contributed by atoms with Crippen LogP contribution in [0, 0.1) is 0 Å². The first kappa shape index (κ1) is 44.8. The van der Waals surface area contributed by atoms with Gasteiger partial charge < -0.3 is 16.2 Å². The van der Waals surface area contributed by atoms with Crippen molar-refractivity contribution in [1.29, 1.82) is 0 Å². The molecule has 12 nitrogen and oxygen atoms in total. The van der Waals surface area contributed by atoms with Crippen LogP contribution in [-0.4, -0.2) is 57.3 Å². The minimum atomic E-state index is -3.82. The monoisotopic (exact) mass is 899 g/mol. The van der Waals surface area contributed by atoms with Gasteiger partial charge in [-0.1, -0.05) is 120 Å². The predicted molar refractivity (Wildman–Crippen MR) is 239 cm³/mol. The SMILES string of the molecule is CS(=O)(=O)N(Cc1ccccc1Cl)c1ccc(C(CC(=O)NC(C(N)=O)C(O)(c2ccccc2)c2ccc(N(Cc3ccccc3Cl)S(C)(=O)=O)cc2)c2cccnc2)cc1. The highest BCUT2D eigenvalue weighted by Gasteiger charge is 2.45. The van der Waals surface area contributed by atoms with Crippen molar-refractivity contribution in [3.63, 3.8) is 0 Å². The van der Waals surface area contributed by atoms with E-state index in [2.05, 4.69) is 10.3 Å². The number of primary amides is 1. The second-order valence-electron chi connectivity index (χ2n) is 14.4. The summed E-state index contributed by atoms with van der Waals surface area (Å²) in [5.74, 6) is -2.33. The number of pyridine rings is 1. The van der Waals surface area contributed by atoms with Gasteiger partial charge in [-0.25, -0.2) is 16.8 Å². The van der Waals surface area contributed by atoms with Crippen LogP contribution in [0.25, 0.3) is 0 Å². The number of anilines is 2. The molecular formula is C45H43Cl2N5O7S2. The number of aromatic nitrogens is 1. The van der Waals surface area contributed by atoms with Gasteiger partial charge in [-0.05, 0) is 75.8 Å². The van der Waals surface area contributed by atoms with Crippen LogP contribution in [0.15, 0.2) is 152 Å². The number of benzene rings is 5. The van der Waals surface area contributed by atoms with Crippen LogP contribution in [0.3, 0.4) is 0 Å². The molecular weight excluding hydrogens is 858 g/mol. The first-order valence-corrected chi connectivity index (χ1v) is 23.3. The minimum Gasteiger partial charge on any atom is -0.378 e. The number of hydrogen-bond donors (Lipinski definition) is 3. The van der Waals surface area contributed by atoms with Crippen LogP contribution in [-0.2, 0) is 48.3 Å². The molecule has 61 heavy (non-hydrogen) atoms. The van der Waals surface area contributed by atoms with Crippen molar-refractivity contribution in [2.45, 2.75) is 37.1 Å². The summed E-state index contributed by atoms with van der Waals surface area (Å²) in [7, 11) is -7.57. The molecule has 4 N–H and O–H groups in total. The van der Waals surface area contributed by atoms with Gasteiger partial charge in [-0.15, -0.1) is 0 Å². The molecule has 0 aliphatic heterocycles. The Morgan fingerprint density at radius 1 is 0.672 bits per heavy atom. The number of nitrogens with zero attached hydrogens (tertiary/aromatic N) is 3. The van der Waals surface area contributed by atoms with E-state index in [4.69, 9.17) is 28.9 Å². The van der Waals surface area contributed by atoms with E-state index in [-0.39, 0.29) is 36.3 Å². The van der Waals surface area contributed by atoms with Gasteiger partial charge in [0.15, 0.2) is 0 Å². The zero-order chi connectivity index (χ0) is 44.0. The average molecular weight is 901 g/mol. The summed E-state index contributed by atoms with van der Waals surface area (Å²) in [5, 5.41) is 16.2. The summed E-state index contributed by atoms with van der Waals surface area (Å²) in [6.07, 6.45) is 5.12. The van der Waals surface area contributed by atoms with Crippen LogP contribution < -0.4 is 19.7 Å². The van der Waals surface area contributed by atoms with Crippen molar-refractivity contribution in [3.05, 3.63) is 195 Å². The van der Waals surface area contributed by atoms with Crippen LogP contribution in [0.5, 0.6) is 0 Å². The number of rotatable bonds is 17. The van der Waals surface area contributed by atoms with Gasteiger partial charge in [0.2, 0.25) is 31.9 Å². The van der Waals surface area contributed by atoms with E-state index in [9.17, 15) is 31.5 Å². The molecule has 16 heteroatoms. The maximum atomic E-state index is 14.2. The number of nitrogens with one attached hydrogen (secondary N) is 1. The zero-order valence-electron chi connectivity index (χ0n) is 33.1. The quantitative estimate of drug-likeness (QED) is 0.0900. The average Bonchev–Trinajstić information content (AvgIpc) is 3.24. The summed E-state index contributed by atoms with van der Waals surface area (Å²) >= 11 is 12.7. The number of amides is 2. The van der Waals surface area contributed by atoms with Gasteiger partial charge in [0.25, 0.3) is 0 Å². The molecule has 6 aromatic rings. The number of sulfonamides is 2. The number of halogens is 2. The van der Waals surface area contributed by atoms with E-state index >= 15 is 0 Å². The van der Waals surface area contributed by atoms with Gasteiger partial charge in [0, 0.05) is 34.8 Å². The molecule has 1 aromatic heterocycles. The lowest BCUT2D eigenvalue weighted by molar-refractivity contribution is -0.133. The Morgan fingerprint density at radius 2 is 1.15 bits per heavy atom. The molecule has 3 atom stereocenters. The van der Waals surface area contributed by atoms with E-state index in [0.717, 1.165) is 16.8 Å². The maximum absolute atomic E-state index is 14.2. The maximum Gasteiger partial charge on any atom is 0.243 e. The fourth-order valence-electron chi connectivity index (χ4n) is 7.11. The molecule has 0 saturated carbocycles. The third-order valence-electron chi connectivity index (χ3n) is 10.2. The molecule has 0 saturated heterocycles. The van der Waals surface area contributed by atoms with E-state index < -0.39 is 49.4 Å². The first-order valence-electron chi connectivity index (χ1n) is 18.9. The largest absolute Gasteiger partial charge is 0.378 e. The Labute approximate surface area is 365 Å². The Morgan fingerprint density at radius 3 is 1.61 bits per heavy atom. The summed E-state index contributed by atoms with van der Waals surface area (Å²) < 4.78 is 54.4. The smallest absolute Gasteiger partial charge is 0.243 e. The lowest BCUT2D eigenvalue weighted by Gasteiger charge is -2.36. The lowest BCUT2D eigenvalue weighted by Crippen LogP contribution is -2.58. The molecule has 2 amide bonds. The number of nitrogens with two attached hydrogens (primary N) is 1. The first-order chi connectivity index (χ1) is 29.0. The standard InChI is InChI=1S/C45H43Cl2N5O7S2/c1-60(56,57)51(29-33-11-6-8-16-40(33)46)37-22-18-31(19-23-37)39(32-13-10-26-49-28-32)27-42(53)50-43(44(48)54)45(55,35-14-4-3-5-15-35)36-20-24-38(25-21-36)52(61(2,58)59)30-34-12-7-9-17-41(34)47/h3-26,28,39,43,55H,27,29-30H2,1-2H3,(H2,48,54)(H,50,53). The Kier molecular flexibility index (Phi) is 13.9. The van der Waals surface area contributed by atoms with Crippen LogP contribution in [0.1, 0.15) is 45.7 Å². The summed E-state index contributed by atoms with van der Waals surface area (Å²) in [4.78, 5) is 31.8.